The molecule has 3 rings (SSSR count). The minimum Gasteiger partial charge on any atom is -0.296 e. The van der Waals surface area contributed by atoms with E-state index in [9.17, 15) is 9.59 Å². The van der Waals surface area contributed by atoms with Crippen molar-refractivity contribution in [3.8, 4) is 0 Å². The molecule has 2 fully saturated rings. The lowest BCUT2D eigenvalue weighted by Crippen LogP contribution is -2.52. The average Bonchev–Trinajstić information content (AvgIpc) is 2.41. The fourth-order valence-electron chi connectivity index (χ4n) is 3.46. The Morgan fingerprint density at radius 2 is 1.80 bits per heavy atom. The summed E-state index contributed by atoms with van der Waals surface area (Å²) in [5, 5.41) is 2.53. The van der Waals surface area contributed by atoms with Crippen LogP contribution in [0.3, 0.4) is 0 Å². The van der Waals surface area contributed by atoms with Gasteiger partial charge in [0.1, 0.15) is 0 Å². The van der Waals surface area contributed by atoms with Crippen molar-refractivity contribution in [2.75, 3.05) is 11.5 Å². The molecule has 0 radical (unpaired) electrons. The maximum absolute atomic E-state index is 12.4. The Balaban J connectivity index is 2.01. The van der Waals surface area contributed by atoms with Gasteiger partial charge in [-0.05, 0) is 42.2 Å². The van der Waals surface area contributed by atoms with Gasteiger partial charge in [0, 0.05) is 6.42 Å². The Morgan fingerprint density at radius 1 is 1.15 bits per heavy atom. The van der Waals surface area contributed by atoms with Crippen LogP contribution >= 0.6 is 11.8 Å². The van der Waals surface area contributed by atoms with Crippen LogP contribution in [0.2, 0.25) is 0 Å². The van der Waals surface area contributed by atoms with Gasteiger partial charge in [-0.3, -0.25) is 14.9 Å². The van der Waals surface area contributed by atoms with Crippen molar-refractivity contribution in [2.45, 2.75) is 32.1 Å². The first-order valence-electron chi connectivity index (χ1n) is 7.09. The summed E-state index contributed by atoms with van der Waals surface area (Å²) in [6.07, 6.45) is 2.39. The van der Waals surface area contributed by atoms with E-state index in [1.165, 1.54) is 5.56 Å². The van der Waals surface area contributed by atoms with E-state index < -0.39 is 0 Å². The minimum atomic E-state index is -0.179. The van der Waals surface area contributed by atoms with Gasteiger partial charge in [0.25, 0.3) is 0 Å². The van der Waals surface area contributed by atoms with Crippen LogP contribution in [0, 0.1) is 12.3 Å². The van der Waals surface area contributed by atoms with E-state index in [0.717, 1.165) is 29.9 Å². The van der Waals surface area contributed by atoms with Gasteiger partial charge in [0.15, 0.2) is 0 Å². The zero-order valence-corrected chi connectivity index (χ0v) is 12.5. The number of imide groups is 1. The van der Waals surface area contributed by atoms with Crippen molar-refractivity contribution < 1.29 is 9.59 Å². The maximum Gasteiger partial charge on any atom is 0.234 e. The first kappa shape index (κ1) is 13.7. The van der Waals surface area contributed by atoms with E-state index in [0.29, 0.717) is 6.42 Å². The Morgan fingerprint density at radius 3 is 2.45 bits per heavy atom. The molecular weight excluding hydrogens is 270 g/mol. The largest absolute Gasteiger partial charge is 0.296 e. The van der Waals surface area contributed by atoms with E-state index in [-0.39, 0.29) is 23.1 Å². The number of nitrogens with one attached hydrogen (secondary N) is 1. The third-order valence-corrected chi connectivity index (χ3v) is 5.53. The third-order valence-electron chi connectivity index (χ3n) is 4.55. The van der Waals surface area contributed by atoms with Crippen molar-refractivity contribution in [3.63, 3.8) is 0 Å². The molecule has 2 heterocycles. The molecule has 1 aromatic carbocycles. The molecule has 1 unspecified atom stereocenters. The average molecular weight is 289 g/mol. The van der Waals surface area contributed by atoms with Crippen molar-refractivity contribution in [2.24, 2.45) is 5.41 Å². The van der Waals surface area contributed by atoms with Gasteiger partial charge in [-0.2, -0.15) is 11.8 Å². The van der Waals surface area contributed by atoms with Crippen LogP contribution in [0.4, 0.5) is 0 Å². The van der Waals surface area contributed by atoms with E-state index in [1.807, 2.05) is 43.0 Å². The van der Waals surface area contributed by atoms with Gasteiger partial charge in [0.05, 0.1) is 5.92 Å². The molecular formula is C16H19NO2S. The second kappa shape index (κ2) is 5.24. The Labute approximate surface area is 123 Å². The zero-order chi connectivity index (χ0) is 14.2. The molecule has 106 valence electrons. The molecule has 2 aliphatic rings. The number of thioether (sulfide) groups is 1. The van der Waals surface area contributed by atoms with Crippen LogP contribution in [0.5, 0.6) is 0 Å². The summed E-state index contributed by atoms with van der Waals surface area (Å²) < 4.78 is 0. The van der Waals surface area contributed by atoms with Gasteiger partial charge in [-0.1, -0.05) is 29.8 Å². The van der Waals surface area contributed by atoms with Gasteiger partial charge in [-0.25, -0.2) is 0 Å². The highest BCUT2D eigenvalue weighted by Crippen LogP contribution is 2.50. The second-order valence-electron chi connectivity index (χ2n) is 5.91. The van der Waals surface area contributed by atoms with Crippen LogP contribution in [0.15, 0.2) is 24.3 Å². The van der Waals surface area contributed by atoms with Crippen molar-refractivity contribution in [1.29, 1.82) is 0 Å². The summed E-state index contributed by atoms with van der Waals surface area (Å²) in [6, 6.07) is 8.17. The first-order valence-corrected chi connectivity index (χ1v) is 8.24. The zero-order valence-electron chi connectivity index (χ0n) is 11.6. The Bertz CT molecular complexity index is 532. The molecule has 1 atom stereocenters. The number of carbonyl (C=O) groups excluding carboxylic acids is 2. The Kier molecular flexibility index (Phi) is 3.59. The SMILES string of the molecule is Cc1ccc(C2C(=O)NC(=O)CC23CCSCC3)cc1. The number of rotatable bonds is 1. The molecule has 0 saturated carbocycles. The van der Waals surface area contributed by atoms with Crippen molar-refractivity contribution >= 4 is 23.6 Å². The van der Waals surface area contributed by atoms with Crippen LogP contribution in [-0.2, 0) is 9.59 Å². The molecule has 2 amide bonds. The Hall–Kier alpha value is -1.29. The highest BCUT2D eigenvalue weighted by Gasteiger charge is 2.49. The summed E-state index contributed by atoms with van der Waals surface area (Å²) in [7, 11) is 0. The second-order valence-corrected chi connectivity index (χ2v) is 7.13. The number of hydrogen-bond acceptors (Lipinski definition) is 3. The molecule has 1 spiro atoms. The van der Waals surface area contributed by atoms with E-state index in [1.54, 1.807) is 0 Å². The molecule has 0 aliphatic carbocycles. The highest BCUT2D eigenvalue weighted by molar-refractivity contribution is 7.99. The highest BCUT2D eigenvalue weighted by atomic mass is 32.2. The normalized spacial score (nSPS) is 25.6. The molecule has 0 bridgehead atoms. The minimum absolute atomic E-state index is 0.106. The predicted molar refractivity (Wildman–Crippen MR) is 80.7 cm³/mol. The van der Waals surface area contributed by atoms with Crippen LogP contribution in [0.25, 0.3) is 0 Å². The lowest BCUT2D eigenvalue weighted by atomic mass is 9.64. The van der Waals surface area contributed by atoms with Crippen molar-refractivity contribution in [3.05, 3.63) is 35.4 Å². The molecule has 1 N–H and O–H groups in total. The fourth-order valence-corrected chi connectivity index (χ4v) is 4.77. The summed E-state index contributed by atoms with van der Waals surface area (Å²) in [4.78, 5) is 24.3. The lowest BCUT2D eigenvalue weighted by molar-refractivity contribution is -0.140. The van der Waals surface area contributed by atoms with E-state index >= 15 is 0 Å². The number of benzene rings is 1. The molecule has 2 aliphatic heterocycles. The molecule has 3 nitrogen and oxygen atoms in total. The van der Waals surface area contributed by atoms with Gasteiger partial charge in [0.2, 0.25) is 11.8 Å². The monoisotopic (exact) mass is 289 g/mol. The summed E-state index contributed by atoms with van der Waals surface area (Å²) >= 11 is 1.92. The molecule has 1 aromatic rings. The number of amides is 2. The summed E-state index contributed by atoms with van der Waals surface area (Å²) in [5.74, 6) is 1.69. The lowest BCUT2D eigenvalue weighted by Gasteiger charge is -2.45. The molecule has 0 aromatic heterocycles. The molecule has 2 saturated heterocycles. The van der Waals surface area contributed by atoms with Gasteiger partial charge in [-0.15, -0.1) is 0 Å². The third kappa shape index (κ3) is 2.37. The topological polar surface area (TPSA) is 46.2 Å². The number of carbonyl (C=O) groups is 2. The quantitative estimate of drug-likeness (QED) is 0.808. The smallest absolute Gasteiger partial charge is 0.234 e. The summed E-state index contributed by atoms with van der Waals surface area (Å²) in [5.41, 5.74) is 2.07. The standard InChI is InChI=1S/C16H19NO2S/c1-11-2-4-12(5-3-11)14-15(19)17-13(18)10-16(14)6-8-20-9-7-16/h2-5,14H,6-10H2,1H3,(H,17,18,19). The first-order chi connectivity index (χ1) is 9.61. The molecule has 4 heteroatoms. The van der Waals surface area contributed by atoms with E-state index in [4.69, 9.17) is 0 Å². The summed E-state index contributed by atoms with van der Waals surface area (Å²) in [6.45, 7) is 2.04. The van der Waals surface area contributed by atoms with Crippen LogP contribution in [-0.4, -0.2) is 23.3 Å². The van der Waals surface area contributed by atoms with Crippen molar-refractivity contribution in [1.82, 2.24) is 5.32 Å². The fraction of sp³-hybridized carbons (Fsp3) is 0.500. The van der Waals surface area contributed by atoms with Crippen LogP contribution in [0.1, 0.15) is 36.3 Å². The number of aryl methyl sites for hydroxylation is 1. The number of hydrogen-bond donors (Lipinski definition) is 1. The number of piperidine rings is 1. The van der Waals surface area contributed by atoms with Gasteiger partial charge < -0.3 is 0 Å². The molecule has 20 heavy (non-hydrogen) atoms. The van der Waals surface area contributed by atoms with E-state index in [2.05, 4.69) is 5.32 Å². The predicted octanol–water partition coefficient (Wildman–Crippen LogP) is 2.64. The maximum atomic E-state index is 12.4. The van der Waals surface area contributed by atoms with Crippen LogP contribution < -0.4 is 5.32 Å². The van der Waals surface area contributed by atoms with Gasteiger partial charge >= 0.3 is 0 Å².